The number of para-hydroxylation sites is 1. The number of nitrogens with zero attached hydrogens (tertiary/aromatic N) is 1. The van der Waals surface area contributed by atoms with E-state index in [-0.39, 0.29) is 17.7 Å². The minimum absolute atomic E-state index is 0.0560. The zero-order valence-corrected chi connectivity index (χ0v) is 18.8. The van der Waals surface area contributed by atoms with Crippen molar-refractivity contribution >= 4 is 32.3 Å². The van der Waals surface area contributed by atoms with Crippen LogP contribution in [0.2, 0.25) is 0 Å². The lowest BCUT2D eigenvalue weighted by Crippen LogP contribution is -2.45. The molecule has 2 N–H and O–H groups in total. The second-order valence-electron chi connectivity index (χ2n) is 8.18. The van der Waals surface area contributed by atoms with Crippen molar-refractivity contribution in [2.45, 2.75) is 44.0 Å². The number of hydrogen-bond acceptors (Lipinski definition) is 4. The second-order valence-corrected chi connectivity index (χ2v) is 10.5. The van der Waals surface area contributed by atoms with Gasteiger partial charge in [0.2, 0.25) is 5.91 Å². The number of hydrogen-bond donors (Lipinski definition) is 2. The SMILES string of the molecule is CCS(=O)(=O)c1ccc(N2CCC(NC(=O)Cc3c(C)[nH]c4ccccc34)CC2)cc1. The Labute approximate surface area is 183 Å². The lowest BCUT2D eigenvalue weighted by atomic mass is 10.0. The van der Waals surface area contributed by atoms with Gasteiger partial charge in [0.25, 0.3) is 0 Å². The molecule has 1 aliphatic rings. The van der Waals surface area contributed by atoms with Gasteiger partial charge in [0, 0.05) is 41.4 Å². The summed E-state index contributed by atoms with van der Waals surface area (Å²) in [4.78, 5) is 18.7. The van der Waals surface area contributed by atoms with Crippen LogP contribution in [-0.2, 0) is 21.1 Å². The van der Waals surface area contributed by atoms with Gasteiger partial charge in [0.05, 0.1) is 17.1 Å². The molecule has 0 bridgehead atoms. The first-order valence-electron chi connectivity index (χ1n) is 10.8. The number of nitrogens with one attached hydrogen (secondary N) is 2. The molecule has 0 aliphatic carbocycles. The number of anilines is 1. The van der Waals surface area contributed by atoms with Crippen molar-refractivity contribution in [2.24, 2.45) is 0 Å². The van der Waals surface area contributed by atoms with Gasteiger partial charge in [-0.25, -0.2) is 8.42 Å². The zero-order valence-electron chi connectivity index (χ0n) is 18.0. The highest BCUT2D eigenvalue weighted by Crippen LogP contribution is 2.24. The van der Waals surface area contributed by atoms with Crippen LogP contribution in [0.3, 0.4) is 0 Å². The van der Waals surface area contributed by atoms with E-state index in [4.69, 9.17) is 0 Å². The number of carbonyl (C=O) groups is 1. The number of amides is 1. The molecular weight excluding hydrogens is 410 g/mol. The summed E-state index contributed by atoms with van der Waals surface area (Å²) in [6.45, 7) is 5.33. The van der Waals surface area contributed by atoms with Crippen LogP contribution in [0.15, 0.2) is 53.4 Å². The Hall–Kier alpha value is -2.80. The van der Waals surface area contributed by atoms with Gasteiger partial charge >= 0.3 is 0 Å². The van der Waals surface area contributed by atoms with Crippen LogP contribution in [-0.4, -0.2) is 44.2 Å². The molecule has 4 rings (SSSR count). The number of H-pyrrole nitrogens is 1. The van der Waals surface area contributed by atoms with E-state index in [1.165, 1.54) is 0 Å². The van der Waals surface area contributed by atoms with Crippen LogP contribution >= 0.6 is 0 Å². The van der Waals surface area contributed by atoms with Crippen molar-refractivity contribution in [2.75, 3.05) is 23.7 Å². The Balaban J connectivity index is 1.33. The third-order valence-electron chi connectivity index (χ3n) is 6.17. The van der Waals surface area contributed by atoms with Crippen LogP contribution in [0.4, 0.5) is 5.69 Å². The molecule has 6 nitrogen and oxygen atoms in total. The van der Waals surface area contributed by atoms with E-state index in [1.54, 1.807) is 19.1 Å². The Kier molecular flexibility index (Phi) is 6.05. The standard InChI is InChI=1S/C24H29N3O3S/c1-3-31(29,30)20-10-8-19(9-11-20)27-14-12-18(13-15-27)26-24(28)16-22-17(2)25-23-7-5-4-6-21(22)23/h4-11,18,25H,3,12-16H2,1-2H3,(H,26,28). The Morgan fingerprint density at radius 3 is 2.45 bits per heavy atom. The lowest BCUT2D eigenvalue weighted by molar-refractivity contribution is -0.121. The largest absolute Gasteiger partial charge is 0.371 e. The number of fused-ring (bicyclic) bond motifs is 1. The van der Waals surface area contributed by atoms with E-state index >= 15 is 0 Å². The van der Waals surface area contributed by atoms with Crippen LogP contribution in [0.1, 0.15) is 31.0 Å². The molecule has 3 aromatic rings. The van der Waals surface area contributed by atoms with E-state index in [9.17, 15) is 13.2 Å². The number of carbonyl (C=O) groups excluding carboxylic acids is 1. The van der Waals surface area contributed by atoms with Crippen molar-refractivity contribution < 1.29 is 13.2 Å². The smallest absolute Gasteiger partial charge is 0.224 e. The van der Waals surface area contributed by atoms with Gasteiger partial charge < -0.3 is 15.2 Å². The fourth-order valence-corrected chi connectivity index (χ4v) is 5.20. The maximum atomic E-state index is 12.7. The van der Waals surface area contributed by atoms with Crippen molar-refractivity contribution in [1.82, 2.24) is 10.3 Å². The molecule has 0 unspecified atom stereocenters. The minimum atomic E-state index is -3.17. The molecule has 31 heavy (non-hydrogen) atoms. The number of rotatable bonds is 6. The summed E-state index contributed by atoms with van der Waals surface area (Å²) in [5.74, 6) is 0.163. The fraction of sp³-hybridized carbons (Fsp3) is 0.375. The zero-order chi connectivity index (χ0) is 22.0. The number of aromatic amines is 1. The molecule has 164 valence electrons. The highest BCUT2D eigenvalue weighted by Gasteiger charge is 2.22. The second kappa shape index (κ2) is 8.75. The summed E-state index contributed by atoms with van der Waals surface area (Å²) in [7, 11) is -3.17. The molecule has 0 radical (unpaired) electrons. The van der Waals surface area contributed by atoms with Gasteiger partial charge in [0.1, 0.15) is 0 Å². The monoisotopic (exact) mass is 439 g/mol. The quantitative estimate of drug-likeness (QED) is 0.615. The van der Waals surface area contributed by atoms with E-state index in [0.717, 1.165) is 53.8 Å². The predicted molar refractivity (Wildman–Crippen MR) is 124 cm³/mol. The van der Waals surface area contributed by atoms with Gasteiger partial charge in [-0.1, -0.05) is 25.1 Å². The van der Waals surface area contributed by atoms with Gasteiger partial charge in [0.15, 0.2) is 9.84 Å². The van der Waals surface area contributed by atoms with Gasteiger partial charge in [-0.05, 0) is 55.7 Å². The molecule has 1 aromatic heterocycles. The molecule has 1 amide bonds. The fourth-order valence-electron chi connectivity index (χ4n) is 4.31. The molecule has 2 heterocycles. The molecule has 1 fully saturated rings. The van der Waals surface area contributed by atoms with Crippen LogP contribution < -0.4 is 10.2 Å². The maximum absolute atomic E-state index is 12.7. The summed E-state index contributed by atoms with van der Waals surface area (Å²) in [6.07, 6.45) is 2.12. The van der Waals surface area contributed by atoms with Gasteiger partial charge in [-0.2, -0.15) is 0 Å². The van der Waals surface area contributed by atoms with Gasteiger partial charge in [-0.15, -0.1) is 0 Å². The van der Waals surface area contributed by atoms with E-state index < -0.39 is 9.84 Å². The average Bonchev–Trinajstić information content (AvgIpc) is 3.09. The normalized spacial score (nSPS) is 15.4. The van der Waals surface area contributed by atoms with Crippen LogP contribution in [0, 0.1) is 6.92 Å². The molecule has 0 atom stereocenters. The summed E-state index contributed by atoms with van der Waals surface area (Å²) in [5.41, 5.74) is 4.19. The average molecular weight is 440 g/mol. The highest BCUT2D eigenvalue weighted by molar-refractivity contribution is 7.91. The van der Waals surface area contributed by atoms with E-state index in [0.29, 0.717) is 11.3 Å². The molecule has 0 saturated carbocycles. The summed E-state index contributed by atoms with van der Waals surface area (Å²) in [5, 5.41) is 4.31. The van der Waals surface area contributed by atoms with E-state index in [1.807, 2.05) is 37.3 Å². The van der Waals surface area contributed by atoms with Crippen molar-refractivity contribution in [3.05, 3.63) is 59.8 Å². The Morgan fingerprint density at radius 2 is 1.77 bits per heavy atom. The minimum Gasteiger partial charge on any atom is -0.371 e. The first-order chi connectivity index (χ1) is 14.9. The molecule has 0 spiro atoms. The van der Waals surface area contributed by atoms with E-state index in [2.05, 4.69) is 21.3 Å². The molecule has 2 aromatic carbocycles. The molecular formula is C24H29N3O3S. The number of aryl methyl sites for hydroxylation is 1. The lowest BCUT2D eigenvalue weighted by Gasteiger charge is -2.34. The van der Waals surface area contributed by atoms with Crippen molar-refractivity contribution in [3.63, 3.8) is 0 Å². The number of sulfone groups is 1. The first kappa shape index (κ1) is 21.4. The van der Waals surface area contributed by atoms with Crippen molar-refractivity contribution in [1.29, 1.82) is 0 Å². The Bertz CT molecular complexity index is 1170. The maximum Gasteiger partial charge on any atom is 0.224 e. The predicted octanol–water partition coefficient (Wildman–Crippen LogP) is 3.60. The van der Waals surface area contributed by atoms with Crippen molar-refractivity contribution in [3.8, 4) is 0 Å². The number of piperidine rings is 1. The summed E-state index contributed by atoms with van der Waals surface area (Å²) < 4.78 is 24.0. The van der Waals surface area contributed by atoms with Crippen LogP contribution in [0.25, 0.3) is 10.9 Å². The number of benzene rings is 2. The topological polar surface area (TPSA) is 82.3 Å². The molecule has 1 aliphatic heterocycles. The first-order valence-corrected chi connectivity index (χ1v) is 12.5. The molecule has 7 heteroatoms. The summed E-state index contributed by atoms with van der Waals surface area (Å²) in [6, 6.07) is 15.4. The van der Waals surface area contributed by atoms with Gasteiger partial charge in [-0.3, -0.25) is 4.79 Å². The Morgan fingerprint density at radius 1 is 1.10 bits per heavy atom. The van der Waals surface area contributed by atoms with Crippen LogP contribution in [0.5, 0.6) is 0 Å². The number of aromatic nitrogens is 1. The molecule has 1 saturated heterocycles. The third-order valence-corrected chi connectivity index (χ3v) is 7.92. The highest BCUT2D eigenvalue weighted by atomic mass is 32.2. The summed E-state index contributed by atoms with van der Waals surface area (Å²) >= 11 is 0. The third kappa shape index (κ3) is 4.61.